The van der Waals surface area contributed by atoms with Crippen LogP contribution in [0.2, 0.25) is 0 Å². The van der Waals surface area contributed by atoms with E-state index in [0.29, 0.717) is 31.7 Å². The molecule has 1 aromatic rings. The number of carbonyl (C=O) groups is 1. The standard InChI is InChI=1S/C13H18N4O2/c1-19-7-6-17-9-11(8-15-17)16-12(18)13(10-14)4-2-3-5-13/h8-9H,2-7H2,1H3,(H,16,18). The van der Waals surface area contributed by atoms with Gasteiger partial charge in [-0.2, -0.15) is 10.4 Å². The molecule has 1 amide bonds. The lowest BCUT2D eigenvalue weighted by molar-refractivity contribution is -0.122. The molecule has 0 atom stereocenters. The summed E-state index contributed by atoms with van der Waals surface area (Å²) in [5.41, 5.74) is -0.225. The van der Waals surface area contributed by atoms with Crippen LogP contribution < -0.4 is 5.32 Å². The van der Waals surface area contributed by atoms with Crippen molar-refractivity contribution in [1.29, 1.82) is 5.26 Å². The molecule has 0 aliphatic heterocycles. The Kier molecular flexibility index (Phi) is 4.17. The summed E-state index contributed by atoms with van der Waals surface area (Å²) in [6, 6.07) is 2.18. The average molecular weight is 262 g/mol. The fourth-order valence-corrected chi connectivity index (χ4v) is 2.35. The molecule has 0 unspecified atom stereocenters. The van der Waals surface area contributed by atoms with Crippen LogP contribution in [-0.2, 0) is 16.1 Å². The number of nitrogens with one attached hydrogen (secondary N) is 1. The zero-order valence-corrected chi connectivity index (χ0v) is 11.1. The first-order valence-corrected chi connectivity index (χ1v) is 6.44. The number of hydrogen-bond donors (Lipinski definition) is 1. The van der Waals surface area contributed by atoms with Crippen LogP contribution in [0, 0.1) is 16.7 Å². The van der Waals surface area contributed by atoms with Crippen molar-refractivity contribution >= 4 is 11.6 Å². The Bertz CT molecular complexity index is 483. The van der Waals surface area contributed by atoms with E-state index < -0.39 is 5.41 Å². The van der Waals surface area contributed by atoms with Gasteiger partial charge in [-0.1, -0.05) is 12.8 Å². The molecule has 1 N–H and O–H groups in total. The van der Waals surface area contributed by atoms with Gasteiger partial charge in [-0.3, -0.25) is 9.48 Å². The van der Waals surface area contributed by atoms with Crippen molar-refractivity contribution in [1.82, 2.24) is 9.78 Å². The van der Waals surface area contributed by atoms with Crippen LogP contribution in [0.5, 0.6) is 0 Å². The summed E-state index contributed by atoms with van der Waals surface area (Å²) >= 11 is 0. The fraction of sp³-hybridized carbons (Fsp3) is 0.615. The van der Waals surface area contributed by atoms with E-state index in [0.717, 1.165) is 12.8 Å². The topological polar surface area (TPSA) is 79.9 Å². The van der Waals surface area contributed by atoms with Gasteiger partial charge in [0.2, 0.25) is 5.91 Å². The molecule has 1 saturated carbocycles. The van der Waals surface area contributed by atoms with Gasteiger partial charge in [0.1, 0.15) is 5.41 Å². The second-order valence-electron chi connectivity index (χ2n) is 4.84. The first-order chi connectivity index (χ1) is 9.20. The smallest absolute Gasteiger partial charge is 0.244 e. The molecule has 0 aromatic carbocycles. The van der Waals surface area contributed by atoms with Crippen molar-refractivity contribution in [2.24, 2.45) is 5.41 Å². The van der Waals surface area contributed by atoms with Gasteiger partial charge in [0.15, 0.2) is 0 Å². The maximum Gasteiger partial charge on any atom is 0.244 e. The van der Waals surface area contributed by atoms with Gasteiger partial charge in [0, 0.05) is 13.3 Å². The van der Waals surface area contributed by atoms with Gasteiger partial charge in [-0.05, 0) is 12.8 Å². The van der Waals surface area contributed by atoms with Gasteiger partial charge in [-0.15, -0.1) is 0 Å². The minimum atomic E-state index is -0.853. The molecule has 0 bridgehead atoms. The third kappa shape index (κ3) is 2.93. The Labute approximate surface area is 112 Å². The van der Waals surface area contributed by atoms with Gasteiger partial charge in [-0.25, -0.2) is 0 Å². The number of ether oxygens (including phenoxy) is 1. The van der Waals surface area contributed by atoms with Crippen molar-refractivity contribution in [2.75, 3.05) is 19.0 Å². The van der Waals surface area contributed by atoms with Gasteiger partial charge >= 0.3 is 0 Å². The highest BCUT2D eigenvalue weighted by atomic mass is 16.5. The summed E-state index contributed by atoms with van der Waals surface area (Å²) in [4.78, 5) is 12.2. The minimum absolute atomic E-state index is 0.209. The number of methoxy groups -OCH3 is 1. The molecule has 1 fully saturated rings. The number of aromatic nitrogens is 2. The third-order valence-electron chi connectivity index (χ3n) is 3.52. The summed E-state index contributed by atoms with van der Waals surface area (Å²) in [5, 5.41) is 16.1. The zero-order chi connectivity index (χ0) is 13.7. The van der Waals surface area contributed by atoms with Crippen LogP contribution >= 0.6 is 0 Å². The lowest BCUT2D eigenvalue weighted by Crippen LogP contribution is -2.32. The van der Waals surface area contributed by atoms with E-state index in [1.165, 1.54) is 0 Å². The molecule has 1 aromatic heterocycles. The molecule has 1 aliphatic rings. The number of rotatable bonds is 5. The summed E-state index contributed by atoms with van der Waals surface area (Å²) in [6.45, 7) is 1.20. The lowest BCUT2D eigenvalue weighted by Gasteiger charge is -2.18. The number of anilines is 1. The van der Waals surface area contributed by atoms with Crippen molar-refractivity contribution in [2.45, 2.75) is 32.2 Å². The first kappa shape index (κ1) is 13.6. The van der Waals surface area contributed by atoms with E-state index in [1.54, 1.807) is 24.2 Å². The quantitative estimate of drug-likeness (QED) is 0.873. The van der Waals surface area contributed by atoms with E-state index in [-0.39, 0.29) is 5.91 Å². The maximum absolute atomic E-state index is 12.2. The van der Waals surface area contributed by atoms with Crippen LogP contribution in [0.1, 0.15) is 25.7 Å². The van der Waals surface area contributed by atoms with E-state index in [1.807, 2.05) is 0 Å². The highest BCUT2D eigenvalue weighted by Gasteiger charge is 2.41. The molecular formula is C13H18N4O2. The fourth-order valence-electron chi connectivity index (χ4n) is 2.35. The summed E-state index contributed by atoms with van der Waals surface area (Å²) in [7, 11) is 1.63. The van der Waals surface area contributed by atoms with E-state index in [2.05, 4.69) is 16.5 Å². The molecule has 0 radical (unpaired) electrons. The molecule has 0 saturated heterocycles. The SMILES string of the molecule is COCCn1cc(NC(=O)C2(C#N)CCCC2)cn1. The number of nitriles is 1. The predicted molar refractivity (Wildman–Crippen MR) is 69.2 cm³/mol. The largest absolute Gasteiger partial charge is 0.383 e. The van der Waals surface area contributed by atoms with Crippen LogP contribution in [0.15, 0.2) is 12.4 Å². The summed E-state index contributed by atoms with van der Waals surface area (Å²) < 4.78 is 6.66. The maximum atomic E-state index is 12.2. The predicted octanol–water partition coefficient (Wildman–Crippen LogP) is 1.55. The van der Waals surface area contributed by atoms with Crippen molar-refractivity contribution in [3.8, 4) is 6.07 Å². The van der Waals surface area contributed by atoms with Gasteiger partial charge in [0.05, 0.1) is 31.1 Å². The van der Waals surface area contributed by atoms with Gasteiger partial charge in [0.25, 0.3) is 0 Å². The van der Waals surface area contributed by atoms with Crippen molar-refractivity contribution < 1.29 is 9.53 Å². The molecule has 2 rings (SSSR count). The highest BCUT2D eigenvalue weighted by molar-refractivity contribution is 5.97. The molecule has 1 aliphatic carbocycles. The van der Waals surface area contributed by atoms with E-state index in [9.17, 15) is 10.1 Å². The number of carbonyl (C=O) groups excluding carboxylic acids is 1. The summed E-state index contributed by atoms with van der Waals surface area (Å²) in [5.74, 6) is -0.209. The normalized spacial score (nSPS) is 17.1. The Hall–Kier alpha value is -1.87. The third-order valence-corrected chi connectivity index (χ3v) is 3.52. The Morgan fingerprint density at radius 2 is 2.37 bits per heavy atom. The number of amides is 1. The van der Waals surface area contributed by atoms with E-state index >= 15 is 0 Å². The Morgan fingerprint density at radius 3 is 3.00 bits per heavy atom. The van der Waals surface area contributed by atoms with Crippen LogP contribution in [-0.4, -0.2) is 29.4 Å². The molecule has 1 heterocycles. The molecule has 6 nitrogen and oxygen atoms in total. The zero-order valence-electron chi connectivity index (χ0n) is 11.1. The van der Waals surface area contributed by atoms with Crippen LogP contribution in [0.25, 0.3) is 0 Å². The molecule has 19 heavy (non-hydrogen) atoms. The number of nitrogens with zero attached hydrogens (tertiary/aromatic N) is 3. The lowest BCUT2D eigenvalue weighted by atomic mass is 9.87. The average Bonchev–Trinajstić information content (AvgIpc) is 3.06. The molecule has 0 spiro atoms. The Morgan fingerprint density at radius 1 is 1.63 bits per heavy atom. The monoisotopic (exact) mass is 262 g/mol. The van der Waals surface area contributed by atoms with Crippen molar-refractivity contribution in [3.05, 3.63) is 12.4 Å². The van der Waals surface area contributed by atoms with Gasteiger partial charge < -0.3 is 10.1 Å². The Balaban J connectivity index is 1.99. The summed E-state index contributed by atoms with van der Waals surface area (Å²) in [6.07, 6.45) is 6.51. The second kappa shape index (κ2) is 5.85. The molecule has 6 heteroatoms. The number of hydrogen-bond acceptors (Lipinski definition) is 4. The first-order valence-electron chi connectivity index (χ1n) is 6.44. The molecular weight excluding hydrogens is 244 g/mol. The molecule has 102 valence electrons. The van der Waals surface area contributed by atoms with Crippen LogP contribution in [0.4, 0.5) is 5.69 Å². The minimum Gasteiger partial charge on any atom is -0.383 e. The van der Waals surface area contributed by atoms with Crippen molar-refractivity contribution in [3.63, 3.8) is 0 Å². The van der Waals surface area contributed by atoms with Crippen LogP contribution in [0.3, 0.4) is 0 Å². The second-order valence-corrected chi connectivity index (χ2v) is 4.84. The highest BCUT2D eigenvalue weighted by Crippen LogP contribution is 2.38. The van der Waals surface area contributed by atoms with E-state index in [4.69, 9.17) is 4.74 Å².